The van der Waals surface area contributed by atoms with Crippen LogP contribution in [0.5, 0.6) is 5.75 Å². The van der Waals surface area contributed by atoms with Gasteiger partial charge in [-0.3, -0.25) is 14.4 Å². The fourth-order valence-electron chi connectivity index (χ4n) is 3.06. The number of carbonyl (C=O) groups excluding carboxylic acids is 1. The smallest absolute Gasteiger partial charge is 0.266 e. The summed E-state index contributed by atoms with van der Waals surface area (Å²) in [6, 6.07) is 4.39. The van der Waals surface area contributed by atoms with E-state index in [1.165, 1.54) is 23.9 Å². The molecule has 0 bridgehead atoms. The summed E-state index contributed by atoms with van der Waals surface area (Å²) in [5.41, 5.74) is 0.837. The number of amides is 1. The fraction of sp³-hybridized carbons (Fsp3) is 0.412. The Kier molecular flexibility index (Phi) is 4.97. The van der Waals surface area contributed by atoms with E-state index in [9.17, 15) is 14.4 Å². The van der Waals surface area contributed by atoms with Gasteiger partial charge in [-0.05, 0) is 25.3 Å². The van der Waals surface area contributed by atoms with Gasteiger partial charge in [0, 0.05) is 43.7 Å². The zero-order valence-corrected chi connectivity index (χ0v) is 14.0. The molecule has 1 aliphatic rings. The van der Waals surface area contributed by atoms with Crippen molar-refractivity contribution >= 4 is 5.91 Å². The van der Waals surface area contributed by atoms with Crippen molar-refractivity contribution in [3.8, 4) is 5.75 Å². The molecule has 0 aliphatic carbocycles. The van der Waals surface area contributed by atoms with E-state index in [0.717, 1.165) is 12.1 Å². The molecule has 0 unspecified atom stereocenters. The van der Waals surface area contributed by atoms with Gasteiger partial charge in [0.05, 0.1) is 7.11 Å². The predicted octanol–water partition coefficient (Wildman–Crippen LogP) is 0.180. The van der Waals surface area contributed by atoms with Crippen molar-refractivity contribution < 1.29 is 9.53 Å². The van der Waals surface area contributed by atoms with Crippen molar-refractivity contribution in [2.24, 2.45) is 0 Å². The number of hydrogen-bond acceptors (Lipinski definition) is 5. The number of fused-ring (bicyclic) bond motifs is 1. The van der Waals surface area contributed by atoms with Crippen molar-refractivity contribution in [2.45, 2.75) is 32.4 Å². The molecule has 0 fully saturated rings. The Morgan fingerprint density at radius 3 is 2.96 bits per heavy atom. The van der Waals surface area contributed by atoms with E-state index in [4.69, 9.17) is 4.74 Å². The molecule has 0 atom stereocenters. The number of rotatable bonds is 6. The quantitative estimate of drug-likeness (QED) is 0.754. The molecular weight excluding hydrogens is 324 g/mol. The first-order chi connectivity index (χ1) is 12.1. The van der Waals surface area contributed by atoms with Gasteiger partial charge in [0.2, 0.25) is 0 Å². The SMILES string of the molecule is COc1cc(=O)n2c(c1C(=O)NCCCn1ncccc1=O)CCC2. The number of hydrogen-bond donors (Lipinski definition) is 1. The van der Waals surface area contributed by atoms with E-state index in [-0.39, 0.29) is 17.0 Å². The lowest BCUT2D eigenvalue weighted by Gasteiger charge is -2.14. The molecule has 0 saturated carbocycles. The summed E-state index contributed by atoms with van der Waals surface area (Å²) in [7, 11) is 1.45. The molecule has 132 valence electrons. The molecule has 0 aromatic carbocycles. The summed E-state index contributed by atoms with van der Waals surface area (Å²) in [4.78, 5) is 36.2. The van der Waals surface area contributed by atoms with Crippen LogP contribution in [0.1, 0.15) is 28.9 Å². The summed E-state index contributed by atoms with van der Waals surface area (Å²) in [5.74, 6) is 0.0347. The lowest BCUT2D eigenvalue weighted by molar-refractivity contribution is 0.0947. The van der Waals surface area contributed by atoms with Crippen LogP contribution in [0.3, 0.4) is 0 Å². The summed E-state index contributed by atoms with van der Waals surface area (Å²) in [6.07, 6.45) is 3.64. The summed E-state index contributed by atoms with van der Waals surface area (Å²) < 4.78 is 8.22. The van der Waals surface area contributed by atoms with Gasteiger partial charge < -0.3 is 14.6 Å². The van der Waals surface area contributed by atoms with Gasteiger partial charge >= 0.3 is 0 Å². The number of pyridine rings is 1. The van der Waals surface area contributed by atoms with Crippen LogP contribution in [-0.4, -0.2) is 33.9 Å². The molecule has 2 aromatic rings. The molecule has 1 amide bonds. The second-order valence-electron chi connectivity index (χ2n) is 5.82. The maximum Gasteiger partial charge on any atom is 0.266 e. The fourth-order valence-corrected chi connectivity index (χ4v) is 3.06. The van der Waals surface area contributed by atoms with Crippen molar-refractivity contribution in [1.29, 1.82) is 0 Å². The summed E-state index contributed by atoms with van der Waals surface area (Å²) in [6.45, 7) is 1.44. The average molecular weight is 344 g/mol. The molecule has 2 aromatic heterocycles. The number of nitrogens with one attached hydrogen (secondary N) is 1. The zero-order valence-electron chi connectivity index (χ0n) is 14.0. The first kappa shape index (κ1) is 16.9. The van der Waals surface area contributed by atoms with E-state index in [2.05, 4.69) is 10.4 Å². The third-order valence-electron chi connectivity index (χ3n) is 4.24. The van der Waals surface area contributed by atoms with Gasteiger partial charge in [0.1, 0.15) is 11.3 Å². The molecule has 1 N–H and O–H groups in total. The molecule has 8 heteroatoms. The van der Waals surface area contributed by atoms with Gasteiger partial charge in [-0.2, -0.15) is 5.10 Å². The Balaban J connectivity index is 1.68. The highest BCUT2D eigenvalue weighted by Gasteiger charge is 2.24. The highest BCUT2D eigenvalue weighted by molar-refractivity contribution is 5.98. The molecule has 1 aliphatic heterocycles. The third kappa shape index (κ3) is 3.47. The molecule has 0 spiro atoms. The van der Waals surface area contributed by atoms with E-state index in [0.29, 0.717) is 43.8 Å². The average Bonchev–Trinajstić information content (AvgIpc) is 3.09. The number of carbonyl (C=O) groups is 1. The largest absolute Gasteiger partial charge is 0.496 e. The van der Waals surface area contributed by atoms with Crippen LogP contribution in [-0.2, 0) is 19.5 Å². The van der Waals surface area contributed by atoms with Gasteiger partial charge in [-0.1, -0.05) is 0 Å². The van der Waals surface area contributed by atoms with Crippen LogP contribution in [0, 0.1) is 0 Å². The number of aromatic nitrogens is 3. The van der Waals surface area contributed by atoms with Crippen LogP contribution in [0.2, 0.25) is 0 Å². The molecule has 0 radical (unpaired) electrons. The third-order valence-corrected chi connectivity index (χ3v) is 4.24. The Hall–Kier alpha value is -2.90. The topological polar surface area (TPSA) is 95.2 Å². The van der Waals surface area contributed by atoms with Gasteiger partial charge in [-0.15, -0.1) is 0 Å². The first-order valence-corrected chi connectivity index (χ1v) is 8.23. The minimum atomic E-state index is -0.268. The van der Waals surface area contributed by atoms with E-state index in [1.807, 2.05) is 0 Å². The van der Waals surface area contributed by atoms with Crippen LogP contribution in [0.15, 0.2) is 34.0 Å². The summed E-state index contributed by atoms with van der Waals surface area (Å²) in [5, 5.41) is 6.81. The second-order valence-corrected chi connectivity index (χ2v) is 5.82. The zero-order chi connectivity index (χ0) is 17.8. The standard InChI is InChI=1S/C17H20N4O4/c1-25-13-11-15(23)20-9-3-5-12(20)16(13)17(24)18-7-4-10-21-14(22)6-2-8-19-21/h2,6,8,11H,3-5,7,9-10H2,1H3,(H,18,24). The first-order valence-electron chi connectivity index (χ1n) is 8.23. The Morgan fingerprint density at radius 2 is 2.20 bits per heavy atom. The maximum absolute atomic E-state index is 12.6. The highest BCUT2D eigenvalue weighted by atomic mass is 16.5. The number of methoxy groups -OCH3 is 1. The van der Waals surface area contributed by atoms with Crippen molar-refractivity contribution in [1.82, 2.24) is 19.7 Å². The molecule has 0 saturated heterocycles. The van der Waals surface area contributed by atoms with Crippen molar-refractivity contribution in [2.75, 3.05) is 13.7 Å². The number of aryl methyl sites for hydroxylation is 1. The molecule has 8 nitrogen and oxygen atoms in total. The summed E-state index contributed by atoms with van der Waals surface area (Å²) >= 11 is 0. The number of ether oxygens (including phenoxy) is 1. The lowest BCUT2D eigenvalue weighted by atomic mass is 10.1. The minimum Gasteiger partial charge on any atom is -0.496 e. The second kappa shape index (κ2) is 7.33. The van der Waals surface area contributed by atoms with Gasteiger partial charge in [0.15, 0.2) is 0 Å². The molecule has 3 rings (SSSR count). The predicted molar refractivity (Wildman–Crippen MR) is 91.0 cm³/mol. The van der Waals surface area contributed by atoms with E-state index < -0.39 is 0 Å². The monoisotopic (exact) mass is 344 g/mol. The molecular formula is C17H20N4O4. The normalized spacial score (nSPS) is 12.7. The minimum absolute atomic E-state index is 0.143. The van der Waals surface area contributed by atoms with Gasteiger partial charge in [-0.25, -0.2) is 4.68 Å². The van der Waals surface area contributed by atoms with Crippen LogP contribution < -0.4 is 21.2 Å². The van der Waals surface area contributed by atoms with E-state index in [1.54, 1.807) is 16.8 Å². The van der Waals surface area contributed by atoms with Crippen LogP contribution in [0.25, 0.3) is 0 Å². The Morgan fingerprint density at radius 1 is 1.36 bits per heavy atom. The lowest BCUT2D eigenvalue weighted by Crippen LogP contribution is -2.31. The van der Waals surface area contributed by atoms with E-state index >= 15 is 0 Å². The van der Waals surface area contributed by atoms with Crippen LogP contribution in [0.4, 0.5) is 0 Å². The van der Waals surface area contributed by atoms with Crippen LogP contribution >= 0.6 is 0 Å². The Bertz CT molecular complexity index is 900. The highest BCUT2D eigenvalue weighted by Crippen LogP contribution is 2.25. The van der Waals surface area contributed by atoms with Crippen molar-refractivity contribution in [3.05, 3.63) is 56.4 Å². The maximum atomic E-state index is 12.6. The Labute approximate surface area is 144 Å². The van der Waals surface area contributed by atoms with Crippen molar-refractivity contribution in [3.63, 3.8) is 0 Å². The molecule has 25 heavy (non-hydrogen) atoms. The number of nitrogens with zero attached hydrogens (tertiary/aromatic N) is 3. The van der Waals surface area contributed by atoms with Gasteiger partial charge in [0.25, 0.3) is 17.0 Å². The molecule has 3 heterocycles.